The predicted octanol–water partition coefficient (Wildman–Crippen LogP) is 3.70. The van der Waals surface area contributed by atoms with Gasteiger partial charge in [-0.25, -0.2) is 0 Å². The van der Waals surface area contributed by atoms with Crippen LogP contribution in [0.4, 0.5) is 0 Å². The van der Waals surface area contributed by atoms with E-state index in [2.05, 4.69) is 6.92 Å². The van der Waals surface area contributed by atoms with Crippen LogP contribution in [0.1, 0.15) is 66.6 Å². The van der Waals surface area contributed by atoms with Crippen LogP contribution < -0.4 is 0 Å². The smallest absolute Gasteiger partial charge is 0.311 e. The molecule has 1 saturated carbocycles. The molecule has 0 aromatic heterocycles. The van der Waals surface area contributed by atoms with Crippen LogP contribution in [-0.4, -0.2) is 24.5 Å². The van der Waals surface area contributed by atoms with E-state index in [-0.39, 0.29) is 23.1 Å². The molecule has 130 valence electrons. The van der Waals surface area contributed by atoms with E-state index in [9.17, 15) is 14.7 Å². The van der Waals surface area contributed by atoms with E-state index in [1.165, 1.54) is 12.7 Å². The molecule has 0 saturated heterocycles. The highest BCUT2D eigenvalue weighted by molar-refractivity contribution is 5.83. The van der Waals surface area contributed by atoms with Crippen LogP contribution in [0.15, 0.2) is 6.07 Å². The predicted molar refractivity (Wildman–Crippen MR) is 91.4 cm³/mol. The molecule has 3 atom stereocenters. The number of phenols is 1. The molecule has 0 heterocycles. The SMILES string of the molecule is COC(=O)[C@]1(C)CCC[C@]2(C)c3cc(O)c(C=O)c(C)c3CC[C@@H]12. The lowest BCUT2D eigenvalue weighted by Crippen LogP contribution is -2.52. The summed E-state index contributed by atoms with van der Waals surface area (Å²) in [6.45, 7) is 6.14. The highest BCUT2D eigenvalue weighted by atomic mass is 16.5. The number of phenolic OH excluding ortho intramolecular Hbond substituents is 1. The van der Waals surface area contributed by atoms with Crippen molar-refractivity contribution in [2.24, 2.45) is 11.3 Å². The normalized spacial score (nSPS) is 31.8. The van der Waals surface area contributed by atoms with Crippen molar-refractivity contribution in [3.8, 4) is 5.75 Å². The van der Waals surface area contributed by atoms with Crippen molar-refractivity contribution < 1.29 is 19.4 Å². The summed E-state index contributed by atoms with van der Waals surface area (Å²) in [5.74, 6) is 0.0976. The van der Waals surface area contributed by atoms with Gasteiger partial charge in [0, 0.05) is 0 Å². The van der Waals surface area contributed by atoms with Crippen LogP contribution >= 0.6 is 0 Å². The molecule has 1 N–H and O–H groups in total. The van der Waals surface area contributed by atoms with E-state index in [0.29, 0.717) is 5.56 Å². The quantitative estimate of drug-likeness (QED) is 0.663. The summed E-state index contributed by atoms with van der Waals surface area (Å²) < 4.78 is 5.12. The van der Waals surface area contributed by atoms with Crippen molar-refractivity contribution in [3.05, 3.63) is 28.3 Å². The highest BCUT2D eigenvalue weighted by Gasteiger charge is 2.55. The minimum absolute atomic E-state index is 0.0495. The van der Waals surface area contributed by atoms with Gasteiger partial charge < -0.3 is 9.84 Å². The van der Waals surface area contributed by atoms with Gasteiger partial charge in [0.05, 0.1) is 18.1 Å². The first kappa shape index (κ1) is 17.0. The van der Waals surface area contributed by atoms with Gasteiger partial charge in [0.15, 0.2) is 6.29 Å². The number of benzene rings is 1. The standard InChI is InChI=1S/C20H26O4/c1-12-13-6-7-17-19(2,15(13)10-16(22)14(12)11-21)8-5-9-20(17,3)18(23)24-4/h10-11,17,22H,5-9H2,1-4H3/t17-,19-,20-/m1/s1. The first-order valence-electron chi connectivity index (χ1n) is 8.69. The lowest BCUT2D eigenvalue weighted by Gasteiger charge is -2.54. The lowest BCUT2D eigenvalue weighted by molar-refractivity contribution is -0.161. The van der Waals surface area contributed by atoms with E-state index in [1.54, 1.807) is 6.07 Å². The summed E-state index contributed by atoms with van der Waals surface area (Å²) in [5.41, 5.74) is 2.87. The zero-order valence-electron chi connectivity index (χ0n) is 14.9. The molecule has 1 aromatic rings. The maximum absolute atomic E-state index is 12.5. The summed E-state index contributed by atoms with van der Waals surface area (Å²) >= 11 is 0. The summed E-state index contributed by atoms with van der Waals surface area (Å²) in [7, 11) is 1.46. The Kier molecular flexibility index (Phi) is 3.97. The van der Waals surface area contributed by atoms with Crippen LogP contribution in [0.25, 0.3) is 0 Å². The molecule has 24 heavy (non-hydrogen) atoms. The monoisotopic (exact) mass is 330 g/mol. The van der Waals surface area contributed by atoms with Crippen LogP contribution in [0.3, 0.4) is 0 Å². The van der Waals surface area contributed by atoms with Crippen molar-refractivity contribution in [1.29, 1.82) is 0 Å². The minimum atomic E-state index is -0.494. The molecule has 0 amide bonds. The molecular formula is C20H26O4. The Morgan fingerprint density at radius 3 is 2.71 bits per heavy atom. The second kappa shape index (κ2) is 5.61. The van der Waals surface area contributed by atoms with Crippen molar-refractivity contribution in [2.45, 2.75) is 58.3 Å². The molecular weight excluding hydrogens is 304 g/mol. The van der Waals surface area contributed by atoms with Gasteiger partial charge in [0.1, 0.15) is 5.75 Å². The van der Waals surface area contributed by atoms with Crippen molar-refractivity contribution in [2.75, 3.05) is 7.11 Å². The van der Waals surface area contributed by atoms with Crippen LogP contribution in [-0.2, 0) is 21.4 Å². The van der Waals surface area contributed by atoms with Crippen LogP contribution in [0.5, 0.6) is 5.75 Å². The van der Waals surface area contributed by atoms with E-state index in [1.807, 2.05) is 13.8 Å². The number of hydrogen-bond donors (Lipinski definition) is 1. The number of carbonyl (C=O) groups excluding carboxylic acids is 2. The van der Waals surface area contributed by atoms with Crippen LogP contribution in [0, 0.1) is 18.3 Å². The fraction of sp³-hybridized carbons (Fsp3) is 0.600. The van der Waals surface area contributed by atoms with Gasteiger partial charge in [-0.3, -0.25) is 9.59 Å². The van der Waals surface area contributed by atoms with E-state index in [0.717, 1.165) is 49.5 Å². The number of aromatic hydroxyl groups is 1. The molecule has 1 aromatic carbocycles. The largest absolute Gasteiger partial charge is 0.507 e. The Hall–Kier alpha value is -1.84. The lowest BCUT2D eigenvalue weighted by atomic mass is 9.49. The van der Waals surface area contributed by atoms with Gasteiger partial charge in [-0.05, 0) is 73.6 Å². The highest BCUT2D eigenvalue weighted by Crippen LogP contribution is 2.58. The number of ether oxygens (including phenoxy) is 1. The average Bonchev–Trinajstić information content (AvgIpc) is 2.55. The molecule has 2 aliphatic rings. The average molecular weight is 330 g/mol. The van der Waals surface area contributed by atoms with Gasteiger partial charge in [0.2, 0.25) is 0 Å². The zero-order chi connectivity index (χ0) is 17.7. The number of esters is 1. The third-order valence-electron chi connectivity index (χ3n) is 6.74. The van der Waals surface area contributed by atoms with Gasteiger partial charge in [-0.15, -0.1) is 0 Å². The topological polar surface area (TPSA) is 63.6 Å². The molecule has 0 aliphatic heterocycles. The Morgan fingerprint density at radius 1 is 1.38 bits per heavy atom. The Balaban J connectivity index is 2.18. The second-order valence-corrected chi connectivity index (χ2v) is 7.85. The first-order valence-corrected chi connectivity index (χ1v) is 8.69. The number of methoxy groups -OCH3 is 1. The van der Waals surface area contributed by atoms with E-state index >= 15 is 0 Å². The Bertz CT molecular complexity index is 708. The number of hydrogen-bond acceptors (Lipinski definition) is 4. The number of fused-ring (bicyclic) bond motifs is 3. The molecule has 1 fully saturated rings. The van der Waals surface area contributed by atoms with E-state index in [4.69, 9.17) is 4.74 Å². The van der Waals surface area contributed by atoms with Crippen molar-refractivity contribution in [3.63, 3.8) is 0 Å². The Morgan fingerprint density at radius 2 is 2.08 bits per heavy atom. The molecule has 4 nitrogen and oxygen atoms in total. The fourth-order valence-corrected chi connectivity index (χ4v) is 5.44. The first-order chi connectivity index (χ1) is 11.3. The molecule has 0 unspecified atom stereocenters. The second-order valence-electron chi connectivity index (χ2n) is 7.85. The molecule has 0 spiro atoms. The number of rotatable bonds is 2. The van der Waals surface area contributed by atoms with Gasteiger partial charge >= 0.3 is 5.97 Å². The number of aldehydes is 1. The third kappa shape index (κ3) is 2.11. The fourth-order valence-electron chi connectivity index (χ4n) is 5.44. The Labute approximate surface area is 143 Å². The third-order valence-corrected chi connectivity index (χ3v) is 6.74. The minimum Gasteiger partial charge on any atom is -0.507 e. The summed E-state index contributed by atoms with van der Waals surface area (Å²) in [6.07, 6.45) is 5.24. The van der Waals surface area contributed by atoms with Gasteiger partial charge in [-0.2, -0.15) is 0 Å². The number of carbonyl (C=O) groups is 2. The van der Waals surface area contributed by atoms with Crippen LogP contribution in [0.2, 0.25) is 0 Å². The zero-order valence-corrected chi connectivity index (χ0v) is 14.9. The maximum atomic E-state index is 12.5. The van der Waals surface area contributed by atoms with Gasteiger partial charge in [-0.1, -0.05) is 13.3 Å². The summed E-state index contributed by atoms with van der Waals surface area (Å²) in [4.78, 5) is 23.8. The molecule has 0 radical (unpaired) electrons. The summed E-state index contributed by atoms with van der Waals surface area (Å²) in [6, 6.07) is 1.77. The molecule has 3 rings (SSSR count). The molecule has 0 bridgehead atoms. The summed E-state index contributed by atoms with van der Waals surface area (Å²) in [5, 5.41) is 10.3. The van der Waals surface area contributed by atoms with Crippen molar-refractivity contribution in [1.82, 2.24) is 0 Å². The molecule has 2 aliphatic carbocycles. The van der Waals surface area contributed by atoms with Crippen molar-refractivity contribution >= 4 is 12.3 Å². The molecule has 4 heteroatoms. The maximum Gasteiger partial charge on any atom is 0.311 e. The van der Waals surface area contributed by atoms with E-state index < -0.39 is 5.41 Å². The van der Waals surface area contributed by atoms with Gasteiger partial charge in [0.25, 0.3) is 0 Å².